The molecule has 2 N–H and O–H groups in total. The first kappa shape index (κ1) is 22.4. The van der Waals surface area contributed by atoms with Gasteiger partial charge < -0.3 is 10.6 Å². The van der Waals surface area contributed by atoms with Gasteiger partial charge in [-0.3, -0.25) is 9.58 Å². The molecule has 0 amide bonds. The summed E-state index contributed by atoms with van der Waals surface area (Å²) < 4.78 is 28.8. The van der Waals surface area contributed by atoms with E-state index in [9.17, 15) is 8.78 Å². The number of nitrogens with one attached hydrogen (secondary N) is 2. The van der Waals surface area contributed by atoms with Crippen LogP contribution < -0.4 is 10.6 Å². The first-order valence-electron chi connectivity index (χ1n) is 11.7. The van der Waals surface area contributed by atoms with Crippen LogP contribution in [0.4, 0.5) is 26.2 Å². The second-order valence-electron chi connectivity index (χ2n) is 9.08. The van der Waals surface area contributed by atoms with E-state index in [2.05, 4.69) is 32.5 Å². The summed E-state index contributed by atoms with van der Waals surface area (Å²) in [5, 5.41) is 12.1. The van der Waals surface area contributed by atoms with E-state index in [1.165, 1.54) is 0 Å². The van der Waals surface area contributed by atoms with Crippen LogP contribution >= 0.6 is 11.3 Å². The van der Waals surface area contributed by atoms with E-state index >= 15 is 0 Å². The van der Waals surface area contributed by atoms with Gasteiger partial charge in [0.2, 0.25) is 5.95 Å². The number of anilines is 3. The molecule has 0 bridgehead atoms. The summed E-state index contributed by atoms with van der Waals surface area (Å²) >= 11 is 1.59. The molecule has 2 fully saturated rings. The van der Waals surface area contributed by atoms with E-state index in [-0.39, 0.29) is 18.9 Å². The Morgan fingerprint density at radius 3 is 2.55 bits per heavy atom. The second-order valence-corrected chi connectivity index (χ2v) is 10.1. The van der Waals surface area contributed by atoms with Gasteiger partial charge in [0, 0.05) is 51.3 Å². The lowest BCUT2D eigenvalue weighted by Gasteiger charge is -2.40. The van der Waals surface area contributed by atoms with Crippen LogP contribution in [0.25, 0.3) is 10.3 Å². The van der Waals surface area contributed by atoms with Crippen LogP contribution in [0.2, 0.25) is 0 Å². The molecule has 0 aromatic carbocycles. The fraction of sp³-hybridized carbons (Fsp3) is 0.636. The number of aryl methyl sites for hydroxylation is 2. The van der Waals surface area contributed by atoms with Gasteiger partial charge in [0.25, 0.3) is 5.92 Å². The molecule has 1 aliphatic carbocycles. The second kappa shape index (κ2) is 9.09. The molecule has 3 aromatic heterocycles. The van der Waals surface area contributed by atoms with Gasteiger partial charge in [0.05, 0.1) is 16.9 Å². The number of alkyl halides is 2. The van der Waals surface area contributed by atoms with E-state index in [1.807, 2.05) is 13.2 Å². The number of piperidine rings is 1. The molecular weight excluding hydrogens is 446 g/mol. The zero-order valence-corrected chi connectivity index (χ0v) is 19.8. The molecule has 0 unspecified atom stereocenters. The Balaban J connectivity index is 1.28. The number of aromatic nitrogens is 5. The summed E-state index contributed by atoms with van der Waals surface area (Å²) in [4.78, 5) is 17.3. The molecule has 11 heteroatoms. The van der Waals surface area contributed by atoms with Crippen LogP contribution in [0.5, 0.6) is 0 Å². The maximum absolute atomic E-state index is 13.5. The predicted octanol–water partition coefficient (Wildman–Crippen LogP) is 4.58. The monoisotopic (exact) mass is 476 g/mol. The number of rotatable bonds is 6. The average molecular weight is 477 g/mol. The Labute approximate surface area is 195 Å². The highest BCUT2D eigenvalue weighted by Crippen LogP contribution is 2.34. The van der Waals surface area contributed by atoms with Crippen LogP contribution in [0.1, 0.15) is 50.5 Å². The van der Waals surface area contributed by atoms with Crippen molar-refractivity contribution in [2.75, 3.05) is 23.7 Å². The van der Waals surface area contributed by atoms with Crippen LogP contribution in [-0.4, -0.2) is 60.7 Å². The Kier molecular flexibility index (Phi) is 6.17. The molecule has 4 heterocycles. The number of nitrogens with zero attached hydrogens (tertiary/aromatic N) is 6. The molecule has 1 aliphatic heterocycles. The van der Waals surface area contributed by atoms with Crippen molar-refractivity contribution >= 4 is 39.1 Å². The summed E-state index contributed by atoms with van der Waals surface area (Å²) in [5.74, 6) is -1.21. The number of thiazole rings is 1. The molecule has 1 saturated heterocycles. The number of fused-ring (bicyclic) bond motifs is 1. The summed E-state index contributed by atoms with van der Waals surface area (Å²) in [5.41, 5.74) is 1.64. The van der Waals surface area contributed by atoms with Gasteiger partial charge in [-0.25, -0.2) is 13.8 Å². The highest BCUT2D eigenvalue weighted by molar-refractivity contribution is 7.18. The zero-order chi connectivity index (χ0) is 23.0. The molecule has 3 aromatic rings. The third-order valence-corrected chi connectivity index (χ3v) is 7.74. The van der Waals surface area contributed by atoms with Crippen molar-refractivity contribution in [1.82, 2.24) is 29.6 Å². The maximum atomic E-state index is 13.5. The van der Waals surface area contributed by atoms with Gasteiger partial charge >= 0.3 is 0 Å². The minimum absolute atomic E-state index is 0.0135. The topological polar surface area (TPSA) is 83.8 Å². The van der Waals surface area contributed by atoms with E-state index < -0.39 is 5.92 Å². The smallest absolute Gasteiger partial charge is 0.250 e. The molecule has 0 atom stereocenters. The van der Waals surface area contributed by atoms with Crippen molar-refractivity contribution < 1.29 is 8.78 Å². The highest BCUT2D eigenvalue weighted by atomic mass is 32.1. The lowest BCUT2D eigenvalue weighted by Crippen LogP contribution is -2.47. The Bertz CT molecular complexity index is 1100. The SMILES string of the molecule is CCc1nc2c(N[C@H]3CC[C@H](N4CCC(F)(F)CC4)CC3)nc(Nc3cnn(C)c3)nc2s1. The van der Waals surface area contributed by atoms with Gasteiger partial charge in [-0.15, -0.1) is 0 Å². The van der Waals surface area contributed by atoms with Crippen molar-refractivity contribution in [2.24, 2.45) is 7.05 Å². The van der Waals surface area contributed by atoms with Crippen molar-refractivity contribution in [3.05, 3.63) is 17.4 Å². The number of likely N-dealkylation sites (tertiary alicyclic amines) is 1. The molecule has 8 nitrogen and oxygen atoms in total. The molecule has 2 aliphatic rings. The summed E-state index contributed by atoms with van der Waals surface area (Å²) in [6.07, 6.45) is 8.43. The Morgan fingerprint density at radius 2 is 1.88 bits per heavy atom. The maximum Gasteiger partial charge on any atom is 0.250 e. The third kappa shape index (κ3) is 5.08. The van der Waals surface area contributed by atoms with E-state index in [0.717, 1.165) is 59.0 Å². The quantitative estimate of drug-likeness (QED) is 0.539. The first-order valence-corrected chi connectivity index (χ1v) is 12.5. The van der Waals surface area contributed by atoms with Gasteiger partial charge in [0.15, 0.2) is 10.6 Å². The number of hydrogen-bond acceptors (Lipinski definition) is 8. The Morgan fingerprint density at radius 1 is 1.12 bits per heavy atom. The van der Waals surface area contributed by atoms with E-state index in [4.69, 9.17) is 9.97 Å². The minimum atomic E-state index is -2.49. The third-order valence-electron chi connectivity index (χ3n) is 6.65. The van der Waals surface area contributed by atoms with Crippen molar-refractivity contribution in [3.8, 4) is 0 Å². The standard InChI is InChI=1S/C22H30F2N8S/c1-3-17-28-18-19(29-21(30-20(18)33-17)27-15-12-25-31(2)13-15)26-14-4-6-16(7-5-14)32-10-8-22(23,24)9-11-32/h12-14,16H,3-11H2,1-2H3,(H2,26,27,29,30)/t14-,16-. The zero-order valence-electron chi connectivity index (χ0n) is 19.0. The molecule has 0 spiro atoms. The van der Waals surface area contributed by atoms with Crippen molar-refractivity contribution in [1.29, 1.82) is 0 Å². The van der Waals surface area contributed by atoms with Crippen LogP contribution in [0, 0.1) is 0 Å². The Hall–Kier alpha value is -2.40. The van der Waals surface area contributed by atoms with Gasteiger partial charge in [0.1, 0.15) is 5.52 Å². The van der Waals surface area contributed by atoms with Gasteiger partial charge in [-0.1, -0.05) is 18.3 Å². The fourth-order valence-corrected chi connectivity index (χ4v) is 5.66. The number of hydrogen-bond donors (Lipinski definition) is 2. The normalized spacial score (nSPS) is 23.6. The van der Waals surface area contributed by atoms with Gasteiger partial charge in [-0.2, -0.15) is 15.1 Å². The lowest BCUT2D eigenvalue weighted by atomic mass is 9.89. The van der Waals surface area contributed by atoms with E-state index in [1.54, 1.807) is 22.2 Å². The predicted molar refractivity (Wildman–Crippen MR) is 126 cm³/mol. The average Bonchev–Trinajstić information content (AvgIpc) is 3.40. The molecular formula is C22H30F2N8S. The largest absolute Gasteiger partial charge is 0.365 e. The molecule has 178 valence electrons. The summed E-state index contributed by atoms with van der Waals surface area (Å²) in [6, 6.07) is 0.682. The van der Waals surface area contributed by atoms with Crippen LogP contribution in [-0.2, 0) is 13.5 Å². The van der Waals surface area contributed by atoms with Crippen molar-refractivity contribution in [3.63, 3.8) is 0 Å². The number of halogens is 2. The van der Waals surface area contributed by atoms with Crippen molar-refractivity contribution in [2.45, 2.75) is 69.9 Å². The molecule has 5 rings (SSSR count). The minimum Gasteiger partial charge on any atom is -0.365 e. The molecule has 0 radical (unpaired) electrons. The summed E-state index contributed by atoms with van der Waals surface area (Å²) in [7, 11) is 1.87. The van der Waals surface area contributed by atoms with Gasteiger partial charge in [-0.05, 0) is 32.1 Å². The fourth-order valence-electron chi connectivity index (χ4n) is 4.78. The molecule has 33 heavy (non-hydrogen) atoms. The first-order chi connectivity index (χ1) is 15.9. The molecule has 1 saturated carbocycles. The highest BCUT2D eigenvalue weighted by Gasteiger charge is 2.37. The van der Waals surface area contributed by atoms with Crippen LogP contribution in [0.3, 0.4) is 0 Å². The van der Waals surface area contributed by atoms with Crippen LogP contribution in [0.15, 0.2) is 12.4 Å². The van der Waals surface area contributed by atoms with E-state index in [0.29, 0.717) is 25.1 Å². The summed E-state index contributed by atoms with van der Waals surface area (Å²) in [6.45, 7) is 3.10. The lowest BCUT2D eigenvalue weighted by molar-refractivity contribution is -0.0657.